The first-order valence-corrected chi connectivity index (χ1v) is 10.6. The number of aromatic nitrogens is 2. The molecule has 2 aromatic rings. The maximum Gasteiger partial charge on any atom is 0.410 e. The van der Waals surface area contributed by atoms with Crippen LogP contribution in [-0.4, -0.2) is 46.5 Å². The number of piperidine rings is 1. The van der Waals surface area contributed by atoms with E-state index in [1.165, 1.54) is 7.11 Å². The van der Waals surface area contributed by atoms with E-state index >= 15 is 0 Å². The number of nitrogens with one attached hydrogen (secondary N) is 1. The second-order valence-electron chi connectivity index (χ2n) is 8.06. The number of amides is 1. The zero-order valence-electron chi connectivity index (χ0n) is 17.2. The fraction of sp³-hybridized carbons (Fsp3) is 0.524. The maximum atomic E-state index is 13.9. The van der Waals surface area contributed by atoms with Crippen LogP contribution in [0.4, 0.5) is 19.0 Å². The van der Waals surface area contributed by atoms with Crippen LogP contribution in [-0.2, 0) is 0 Å². The first-order valence-electron chi connectivity index (χ1n) is 10.3. The Bertz CT molecular complexity index is 961. The number of carbonyl (C=O) groups excluding carboxylic acids is 1. The molecule has 0 radical (unpaired) electrons. The number of ether oxygens (including phenoxy) is 1. The second-order valence-corrected chi connectivity index (χ2v) is 8.44. The Kier molecular flexibility index (Phi) is 5.81. The highest BCUT2D eigenvalue weighted by Crippen LogP contribution is 2.46. The molecule has 1 aromatic carbocycles. The highest BCUT2D eigenvalue weighted by molar-refractivity contribution is 6.36. The monoisotopic (exact) mass is 456 g/mol. The number of nitrogens with zero attached hydrogens (tertiary/aromatic N) is 3. The van der Waals surface area contributed by atoms with Gasteiger partial charge in [0, 0.05) is 19.0 Å². The molecule has 31 heavy (non-hydrogen) atoms. The number of anilines is 1. The zero-order valence-corrected chi connectivity index (χ0v) is 18.0. The van der Waals surface area contributed by atoms with Gasteiger partial charge in [0.25, 0.3) is 5.91 Å². The Morgan fingerprint density at radius 3 is 2.58 bits per heavy atom. The van der Waals surface area contributed by atoms with E-state index in [-0.39, 0.29) is 29.0 Å². The molecule has 1 aromatic heterocycles. The number of hydrogen-bond donors (Lipinski definition) is 1. The third-order valence-corrected chi connectivity index (χ3v) is 6.44. The van der Waals surface area contributed by atoms with Crippen molar-refractivity contribution < 1.29 is 22.7 Å². The normalized spacial score (nSPS) is 23.8. The van der Waals surface area contributed by atoms with Gasteiger partial charge in [-0.15, -0.1) is 0 Å². The number of rotatable bonds is 3. The first-order chi connectivity index (χ1) is 14.7. The Morgan fingerprint density at radius 1 is 1.26 bits per heavy atom. The Labute approximate surface area is 183 Å². The molecule has 2 aliphatic rings. The Balaban J connectivity index is 1.71. The summed E-state index contributed by atoms with van der Waals surface area (Å²) in [6.45, 7) is 2.47. The number of methoxy groups -OCH3 is 1. The van der Waals surface area contributed by atoms with E-state index in [0.717, 1.165) is 23.9 Å². The van der Waals surface area contributed by atoms with Crippen LogP contribution in [0.2, 0.25) is 5.02 Å². The number of benzene rings is 1. The molecule has 10 heteroatoms. The van der Waals surface area contributed by atoms with Crippen LogP contribution in [0.25, 0.3) is 0 Å². The van der Waals surface area contributed by atoms with Crippen molar-refractivity contribution in [1.82, 2.24) is 14.7 Å². The number of halogens is 4. The van der Waals surface area contributed by atoms with E-state index in [1.54, 1.807) is 29.2 Å². The van der Waals surface area contributed by atoms with Crippen LogP contribution in [0.3, 0.4) is 0 Å². The molecule has 0 aliphatic carbocycles. The van der Waals surface area contributed by atoms with Crippen molar-refractivity contribution in [3.8, 4) is 5.75 Å². The molecule has 1 saturated heterocycles. The Hall–Kier alpha value is -2.42. The molecule has 0 unspecified atom stereocenters. The molecule has 0 saturated carbocycles. The van der Waals surface area contributed by atoms with Gasteiger partial charge in [0.2, 0.25) is 0 Å². The minimum Gasteiger partial charge on any atom is -0.497 e. The van der Waals surface area contributed by atoms with Crippen molar-refractivity contribution in [3.63, 3.8) is 0 Å². The average Bonchev–Trinajstić information content (AvgIpc) is 3.09. The molecule has 2 aliphatic heterocycles. The third kappa shape index (κ3) is 4.07. The molecule has 1 fully saturated rings. The number of likely N-dealkylation sites (tertiary alicyclic amines) is 1. The lowest BCUT2D eigenvalue weighted by Gasteiger charge is -2.33. The number of hydrogen-bond acceptors (Lipinski definition) is 4. The summed E-state index contributed by atoms with van der Waals surface area (Å²) in [5.74, 6) is 0.199. The van der Waals surface area contributed by atoms with Gasteiger partial charge in [-0.1, -0.05) is 23.7 Å². The second kappa shape index (κ2) is 8.26. The predicted molar refractivity (Wildman–Crippen MR) is 111 cm³/mol. The van der Waals surface area contributed by atoms with Gasteiger partial charge in [-0.3, -0.25) is 4.79 Å². The zero-order chi connectivity index (χ0) is 22.3. The summed E-state index contributed by atoms with van der Waals surface area (Å²) in [6.07, 6.45) is -2.10. The standard InChI is InChI=1S/C21H24ClF3N4O2/c1-12-5-3-4-10-28(12)20(30)18-17(22)19-26-15(13-6-8-14(31-2)9-7-13)11-16(21(23,24)25)29(19)27-18/h6-9,12,15-16,26H,3-5,10-11H2,1-2H3/t12-,15+,16+/m1/s1. The molecule has 0 bridgehead atoms. The van der Waals surface area contributed by atoms with Crippen LogP contribution in [0.15, 0.2) is 24.3 Å². The molecule has 1 amide bonds. The number of carbonyl (C=O) groups is 1. The van der Waals surface area contributed by atoms with E-state index in [2.05, 4.69) is 10.4 Å². The van der Waals surface area contributed by atoms with Gasteiger partial charge in [-0.2, -0.15) is 18.3 Å². The van der Waals surface area contributed by atoms with Crippen LogP contribution in [0.1, 0.15) is 60.7 Å². The van der Waals surface area contributed by atoms with Gasteiger partial charge in [0.05, 0.1) is 13.2 Å². The van der Waals surface area contributed by atoms with Crippen molar-refractivity contribution in [2.45, 2.75) is 56.9 Å². The van der Waals surface area contributed by atoms with Crippen LogP contribution in [0.5, 0.6) is 5.75 Å². The molecular weight excluding hydrogens is 433 g/mol. The maximum absolute atomic E-state index is 13.9. The van der Waals surface area contributed by atoms with E-state index < -0.39 is 24.2 Å². The minimum absolute atomic E-state index is 0.00513. The quantitative estimate of drug-likeness (QED) is 0.688. The molecule has 4 rings (SSSR count). The van der Waals surface area contributed by atoms with Gasteiger partial charge in [-0.25, -0.2) is 4.68 Å². The average molecular weight is 457 g/mol. The highest BCUT2D eigenvalue weighted by Gasteiger charge is 2.48. The minimum atomic E-state index is -4.55. The van der Waals surface area contributed by atoms with Crippen LogP contribution < -0.4 is 10.1 Å². The van der Waals surface area contributed by atoms with E-state index in [0.29, 0.717) is 17.9 Å². The summed E-state index contributed by atoms with van der Waals surface area (Å²) in [6, 6.07) is 4.27. The summed E-state index contributed by atoms with van der Waals surface area (Å²) in [5.41, 5.74) is 0.527. The highest BCUT2D eigenvalue weighted by atomic mass is 35.5. The van der Waals surface area contributed by atoms with E-state index in [4.69, 9.17) is 16.3 Å². The smallest absolute Gasteiger partial charge is 0.410 e. The first kappa shape index (κ1) is 21.8. The predicted octanol–water partition coefficient (Wildman–Crippen LogP) is 5.22. The third-order valence-electron chi connectivity index (χ3n) is 6.08. The molecule has 3 heterocycles. The molecular formula is C21H24ClF3N4O2. The molecule has 168 valence electrons. The molecule has 1 N–H and O–H groups in total. The molecule has 6 nitrogen and oxygen atoms in total. The lowest BCUT2D eigenvalue weighted by Crippen LogP contribution is -2.42. The summed E-state index contributed by atoms with van der Waals surface area (Å²) >= 11 is 6.44. The van der Waals surface area contributed by atoms with Crippen molar-refractivity contribution in [2.24, 2.45) is 0 Å². The fourth-order valence-corrected chi connectivity index (χ4v) is 4.58. The number of alkyl halides is 3. The van der Waals surface area contributed by atoms with Gasteiger partial charge < -0.3 is 15.0 Å². The summed E-state index contributed by atoms with van der Waals surface area (Å²) in [7, 11) is 1.52. The van der Waals surface area contributed by atoms with Gasteiger partial charge >= 0.3 is 6.18 Å². The van der Waals surface area contributed by atoms with Crippen molar-refractivity contribution >= 4 is 23.3 Å². The van der Waals surface area contributed by atoms with Gasteiger partial charge in [0.1, 0.15) is 16.6 Å². The lowest BCUT2D eigenvalue weighted by molar-refractivity contribution is -0.173. The molecule has 0 spiro atoms. The number of fused-ring (bicyclic) bond motifs is 1. The van der Waals surface area contributed by atoms with Crippen molar-refractivity contribution in [2.75, 3.05) is 19.0 Å². The van der Waals surface area contributed by atoms with Crippen molar-refractivity contribution in [3.05, 3.63) is 40.5 Å². The van der Waals surface area contributed by atoms with E-state index in [9.17, 15) is 18.0 Å². The lowest BCUT2D eigenvalue weighted by atomic mass is 9.97. The summed E-state index contributed by atoms with van der Waals surface area (Å²) in [5, 5.41) is 7.05. The SMILES string of the molecule is COc1ccc([C@@H]2C[C@@H](C(F)(F)F)n3nc(C(=O)N4CCCC[C@H]4C)c(Cl)c3N2)cc1. The van der Waals surface area contributed by atoms with Gasteiger partial charge in [0.15, 0.2) is 11.7 Å². The van der Waals surface area contributed by atoms with Gasteiger partial charge in [-0.05, 0) is 43.9 Å². The largest absolute Gasteiger partial charge is 0.497 e. The van der Waals surface area contributed by atoms with Crippen molar-refractivity contribution in [1.29, 1.82) is 0 Å². The molecule has 3 atom stereocenters. The topological polar surface area (TPSA) is 59.4 Å². The fourth-order valence-electron chi connectivity index (χ4n) is 4.32. The van der Waals surface area contributed by atoms with E-state index in [1.807, 2.05) is 6.92 Å². The Morgan fingerprint density at radius 2 is 1.97 bits per heavy atom. The van der Waals surface area contributed by atoms with Crippen LogP contribution in [0, 0.1) is 0 Å². The summed E-state index contributed by atoms with van der Waals surface area (Å²) < 4.78 is 47.8. The summed E-state index contributed by atoms with van der Waals surface area (Å²) in [4.78, 5) is 14.7. The van der Waals surface area contributed by atoms with Crippen LogP contribution >= 0.6 is 11.6 Å².